The summed E-state index contributed by atoms with van der Waals surface area (Å²) >= 11 is 5.41. The van der Waals surface area contributed by atoms with Crippen LogP contribution in [0.25, 0.3) is 10.9 Å². The van der Waals surface area contributed by atoms with Gasteiger partial charge in [0.05, 0.1) is 12.4 Å². The summed E-state index contributed by atoms with van der Waals surface area (Å²) in [7, 11) is 2.14. The Hall–Kier alpha value is -0.940. The molecule has 1 N–H and O–H groups in total. The van der Waals surface area contributed by atoms with Crippen LogP contribution in [0.3, 0.4) is 0 Å². The van der Waals surface area contributed by atoms with Gasteiger partial charge in [-0.2, -0.15) is 0 Å². The lowest BCUT2D eigenvalue weighted by molar-refractivity contribution is 0.548. The average Bonchev–Trinajstić information content (AvgIpc) is 3.01. The molecule has 0 atom stereocenters. The zero-order valence-corrected chi connectivity index (χ0v) is 13.9. The summed E-state index contributed by atoms with van der Waals surface area (Å²) in [6.07, 6.45) is 4.48. The van der Waals surface area contributed by atoms with E-state index in [0.717, 1.165) is 29.7 Å². The Labute approximate surface area is 132 Å². The zero-order chi connectivity index (χ0) is 13.9. The van der Waals surface area contributed by atoms with Crippen LogP contribution in [0.1, 0.15) is 12.8 Å². The first kappa shape index (κ1) is 14.0. The van der Waals surface area contributed by atoms with Crippen LogP contribution >= 0.6 is 27.7 Å². The molecular formula is C15H18BrN3S. The van der Waals surface area contributed by atoms with Crippen molar-refractivity contribution < 1.29 is 0 Å². The van der Waals surface area contributed by atoms with Gasteiger partial charge in [-0.1, -0.05) is 15.9 Å². The average molecular weight is 352 g/mol. The number of nitrogens with zero attached hydrogens (tertiary/aromatic N) is 2. The molecule has 1 aliphatic heterocycles. The third-order valence-electron chi connectivity index (χ3n) is 3.58. The SMILES string of the molecule is CN1CCC/C1=N\CCSc1c[nH]c2ccc(Br)cc12. The van der Waals surface area contributed by atoms with E-state index < -0.39 is 0 Å². The fourth-order valence-corrected chi connectivity index (χ4v) is 3.74. The summed E-state index contributed by atoms with van der Waals surface area (Å²) < 4.78 is 1.12. The molecule has 0 saturated carbocycles. The fourth-order valence-electron chi connectivity index (χ4n) is 2.51. The van der Waals surface area contributed by atoms with Crippen LogP contribution < -0.4 is 0 Å². The summed E-state index contributed by atoms with van der Waals surface area (Å²) in [5.74, 6) is 2.30. The Morgan fingerprint density at radius 3 is 3.15 bits per heavy atom. The van der Waals surface area contributed by atoms with Crippen molar-refractivity contribution in [3.05, 3.63) is 28.9 Å². The summed E-state index contributed by atoms with van der Waals surface area (Å²) in [6.45, 7) is 2.05. The molecule has 2 aromatic rings. The molecule has 3 rings (SSSR count). The number of H-pyrrole nitrogens is 1. The minimum atomic E-state index is 0.894. The molecule has 3 nitrogen and oxygen atoms in total. The predicted molar refractivity (Wildman–Crippen MR) is 90.9 cm³/mol. The van der Waals surface area contributed by atoms with Gasteiger partial charge in [-0.3, -0.25) is 4.99 Å². The maximum absolute atomic E-state index is 4.70. The molecule has 1 aliphatic rings. The molecule has 1 saturated heterocycles. The Balaban J connectivity index is 1.61. The monoisotopic (exact) mass is 351 g/mol. The lowest BCUT2D eigenvalue weighted by Gasteiger charge is -2.10. The zero-order valence-electron chi connectivity index (χ0n) is 11.5. The molecule has 106 valence electrons. The minimum Gasteiger partial charge on any atom is -0.363 e. The molecule has 0 unspecified atom stereocenters. The number of likely N-dealkylation sites (tertiary alicyclic amines) is 1. The van der Waals surface area contributed by atoms with E-state index in [0.29, 0.717) is 0 Å². The Bertz CT molecular complexity index is 635. The van der Waals surface area contributed by atoms with Crippen molar-refractivity contribution in [1.82, 2.24) is 9.88 Å². The molecule has 0 spiro atoms. The second kappa shape index (κ2) is 6.22. The normalized spacial score (nSPS) is 17.5. The molecule has 0 aliphatic carbocycles. The second-order valence-electron chi connectivity index (χ2n) is 5.01. The smallest absolute Gasteiger partial charge is 0.0987 e. The van der Waals surface area contributed by atoms with Gasteiger partial charge < -0.3 is 9.88 Å². The Morgan fingerprint density at radius 2 is 2.35 bits per heavy atom. The van der Waals surface area contributed by atoms with E-state index in [1.165, 1.54) is 28.1 Å². The fraction of sp³-hybridized carbons (Fsp3) is 0.400. The van der Waals surface area contributed by atoms with Gasteiger partial charge in [0.25, 0.3) is 0 Å². The highest BCUT2D eigenvalue weighted by Crippen LogP contribution is 2.29. The lowest BCUT2D eigenvalue weighted by atomic mass is 10.2. The van der Waals surface area contributed by atoms with Crippen LogP contribution in [-0.4, -0.2) is 41.6 Å². The highest BCUT2D eigenvalue weighted by Gasteiger charge is 2.13. The van der Waals surface area contributed by atoms with E-state index >= 15 is 0 Å². The van der Waals surface area contributed by atoms with E-state index in [1.807, 2.05) is 11.8 Å². The second-order valence-corrected chi connectivity index (χ2v) is 7.07. The molecule has 0 bridgehead atoms. The van der Waals surface area contributed by atoms with Crippen LogP contribution in [0.4, 0.5) is 0 Å². The predicted octanol–water partition coefficient (Wildman–Crippen LogP) is 4.15. The van der Waals surface area contributed by atoms with Crippen LogP contribution in [0.5, 0.6) is 0 Å². The number of hydrogen-bond acceptors (Lipinski definition) is 2. The number of rotatable bonds is 4. The number of aromatic nitrogens is 1. The van der Waals surface area contributed by atoms with Crippen LogP contribution in [-0.2, 0) is 0 Å². The van der Waals surface area contributed by atoms with E-state index in [2.05, 4.69) is 57.3 Å². The minimum absolute atomic E-state index is 0.894. The summed E-state index contributed by atoms with van der Waals surface area (Å²) in [6, 6.07) is 6.34. The van der Waals surface area contributed by atoms with Crippen molar-refractivity contribution in [2.24, 2.45) is 4.99 Å². The van der Waals surface area contributed by atoms with Crippen molar-refractivity contribution in [2.45, 2.75) is 17.7 Å². The molecule has 2 heterocycles. The van der Waals surface area contributed by atoms with E-state index in [-0.39, 0.29) is 0 Å². The van der Waals surface area contributed by atoms with Gasteiger partial charge in [-0.05, 0) is 24.6 Å². The van der Waals surface area contributed by atoms with Crippen molar-refractivity contribution in [3.8, 4) is 0 Å². The van der Waals surface area contributed by atoms with E-state index in [9.17, 15) is 0 Å². The lowest BCUT2D eigenvalue weighted by Crippen LogP contribution is -2.19. The van der Waals surface area contributed by atoms with Gasteiger partial charge in [0.15, 0.2) is 0 Å². The third kappa shape index (κ3) is 3.04. The quantitative estimate of drug-likeness (QED) is 0.662. The molecule has 1 aromatic heterocycles. The molecule has 0 amide bonds. The van der Waals surface area contributed by atoms with Gasteiger partial charge in [0.2, 0.25) is 0 Å². The number of nitrogens with one attached hydrogen (secondary N) is 1. The summed E-state index contributed by atoms with van der Waals surface area (Å²) in [4.78, 5) is 11.6. The number of aliphatic imine (C=N–C) groups is 1. The van der Waals surface area contributed by atoms with Gasteiger partial charge in [-0.25, -0.2) is 0 Å². The Kier molecular flexibility index (Phi) is 4.36. The third-order valence-corrected chi connectivity index (χ3v) is 5.11. The van der Waals surface area contributed by atoms with E-state index in [1.54, 1.807) is 0 Å². The highest BCUT2D eigenvalue weighted by atomic mass is 79.9. The largest absolute Gasteiger partial charge is 0.363 e. The van der Waals surface area contributed by atoms with Crippen molar-refractivity contribution >= 4 is 44.4 Å². The first-order valence-electron chi connectivity index (χ1n) is 6.88. The van der Waals surface area contributed by atoms with Crippen molar-refractivity contribution in [2.75, 3.05) is 25.9 Å². The highest BCUT2D eigenvalue weighted by molar-refractivity contribution is 9.10. The first-order valence-corrected chi connectivity index (χ1v) is 8.66. The van der Waals surface area contributed by atoms with Gasteiger partial charge in [0.1, 0.15) is 0 Å². The number of amidine groups is 1. The summed E-state index contributed by atoms with van der Waals surface area (Å²) in [5, 5.41) is 1.29. The van der Waals surface area contributed by atoms with Crippen LogP contribution in [0.2, 0.25) is 0 Å². The molecular weight excluding hydrogens is 334 g/mol. The van der Waals surface area contributed by atoms with E-state index in [4.69, 9.17) is 4.99 Å². The Morgan fingerprint density at radius 1 is 1.45 bits per heavy atom. The number of thioether (sulfide) groups is 1. The number of benzene rings is 1. The maximum Gasteiger partial charge on any atom is 0.0987 e. The van der Waals surface area contributed by atoms with Gasteiger partial charge in [0, 0.05) is 52.2 Å². The molecule has 5 heteroatoms. The van der Waals surface area contributed by atoms with Crippen LogP contribution in [0.15, 0.2) is 38.8 Å². The molecule has 0 radical (unpaired) electrons. The van der Waals surface area contributed by atoms with Crippen molar-refractivity contribution in [1.29, 1.82) is 0 Å². The first-order chi connectivity index (χ1) is 9.74. The summed E-state index contributed by atoms with van der Waals surface area (Å²) in [5.41, 5.74) is 1.19. The number of fused-ring (bicyclic) bond motifs is 1. The topological polar surface area (TPSA) is 31.4 Å². The van der Waals surface area contributed by atoms with Gasteiger partial charge >= 0.3 is 0 Å². The van der Waals surface area contributed by atoms with Crippen molar-refractivity contribution in [3.63, 3.8) is 0 Å². The molecule has 1 fully saturated rings. The number of aromatic amines is 1. The molecule has 1 aromatic carbocycles. The van der Waals surface area contributed by atoms with Crippen LogP contribution in [0, 0.1) is 0 Å². The molecule has 20 heavy (non-hydrogen) atoms. The standard InChI is InChI=1S/C15H18BrN3S/c1-19-7-2-3-15(19)17-6-8-20-14-10-18-13-5-4-11(16)9-12(13)14/h4-5,9-10,18H,2-3,6-8H2,1H3/b17-15+. The van der Waals surface area contributed by atoms with Gasteiger partial charge in [-0.15, -0.1) is 11.8 Å². The number of halogens is 1. The maximum atomic E-state index is 4.70. The number of hydrogen-bond donors (Lipinski definition) is 1.